The molecule has 6 heteroatoms. The van der Waals surface area contributed by atoms with Crippen molar-refractivity contribution < 1.29 is 0 Å². The van der Waals surface area contributed by atoms with Crippen LogP contribution in [-0.4, -0.2) is 52.6 Å². The maximum Gasteiger partial charge on any atom is 0.191 e. The minimum atomic E-state index is 0.482. The van der Waals surface area contributed by atoms with Crippen molar-refractivity contribution in [2.45, 2.75) is 51.9 Å². The summed E-state index contributed by atoms with van der Waals surface area (Å²) in [5.41, 5.74) is 1.27. The standard InChI is InChI=1S/C21H32N6/c1-17(2)26-12-9-19(10-13-26)25-21(22-3)24-15-20-23-11-14-27(20)16-18-7-5-4-6-8-18/h4-8,11,14,17,19H,9-10,12-13,15-16H2,1-3H3,(H2,22,24,25). The van der Waals surface area contributed by atoms with E-state index in [1.807, 2.05) is 25.5 Å². The average molecular weight is 369 g/mol. The summed E-state index contributed by atoms with van der Waals surface area (Å²) in [5, 5.41) is 6.99. The molecule has 0 radical (unpaired) electrons. The number of guanidine groups is 1. The molecule has 146 valence electrons. The van der Waals surface area contributed by atoms with Crippen LogP contribution in [-0.2, 0) is 13.1 Å². The number of nitrogens with one attached hydrogen (secondary N) is 2. The van der Waals surface area contributed by atoms with Crippen LogP contribution in [0.5, 0.6) is 0 Å². The molecule has 1 aromatic heterocycles. The molecule has 1 aliphatic heterocycles. The fourth-order valence-electron chi connectivity index (χ4n) is 3.54. The second-order valence-corrected chi connectivity index (χ2v) is 7.43. The van der Waals surface area contributed by atoms with Gasteiger partial charge in [0.2, 0.25) is 0 Å². The zero-order valence-corrected chi connectivity index (χ0v) is 16.7. The first-order chi connectivity index (χ1) is 13.2. The smallest absolute Gasteiger partial charge is 0.191 e. The van der Waals surface area contributed by atoms with Crippen LogP contribution in [0.4, 0.5) is 0 Å². The highest BCUT2D eigenvalue weighted by Crippen LogP contribution is 2.13. The van der Waals surface area contributed by atoms with E-state index in [2.05, 4.69) is 68.2 Å². The molecule has 3 rings (SSSR count). The van der Waals surface area contributed by atoms with Crippen LogP contribution in [0.15, 0.2) is 47.7 Å². The molecule has 2 heterocycles. The summed E-state index contributed by atoms with van der Waals surface area (Å²) in [7, 11) is 1.83. The minimum Gasteiger partial charge on any atom is -0.354 e. The van der Waals surface area contributed by atoms with E-state index in [1.54, 1.807) is 0 Å². The number of imidazole rings is 1. The molecule has 6 nitrogen and oxygen atoms in total. The number of likely N-dealkylation sites (tertiary alicyclic amines) is 1. The van der Waals surface area contributed by atoms with Crippen molar-refractivity contribution in [2.75, 3.05) is 20.1 Å². The highest BCUT2D eigenvalue weighted by atomic mass is 15.2. The van der Waals surface area contributed by atoms with E-state index in [9.17, 15) is 0 Å². The van der Waals surface area contributed by atoms with Crippen LogP contribution in [0.3, 0.4) is 0 Å². The molecule has 0 atom stereocenters. The molecule has 0 spiro atoms. The van der Waals surface area contributed by atoms with Crippen LogP contribution < -0.4 is 10.6 Å². The van der Waals surface area contributed by atoms with Gasteiger partial charge in [0.15, 0.2) is 5.96 Å². The van der Waals surface area contributed by atoms with Crippen molar-refractivity contribution in [2.24, 2.45) is 4.99 Å². The molecular formula is C21H32N6. The van der Waals surface area contributed by atoms with E-state index in [0.29, 0.717) is 18.6 Å². The third kappa shape index (κ3) is 5.57. The fourth-order valence-corrected chi connectivity index (χ4v) is 3.54. The third-order valence-corrected chi connectivity index (χ3v) is 5.24. The van der Waals surface area contributed by atoms with E-state index in [0.717, 1.165) is 44.3 Å². The number of aromatic nitrogens is 2. The molecule has 0 unspecified atom stereocenters. The van der Waals surface area contributed by atoms with Crippen LogP contribution >= 0.6 is 0 Å². The normalized spacial score (nSPS) is 16.7. The van der Waals surface area contributed by atoms with Gasteiger partial charge in [-0.2, -0.15) is 0 Å². The molecule has 1 fully saturated rings. The monoisotopic (exact) mass is 368 g/mol. The topological polar surface area (TPSA) is 57.5 Å². The summed E-state index contributed by atoms with van der Waals surface area (Å²) in [4.78, 5) is 11.4. The Morgan fingerprint density at radius 3 is 2.63 bits per heavy atom. The molecule has 1 aliphatic rings. The lowest BCUT2D eigenvalue weighted by molar-refractivity contribution is 0.167. The predicted octanol–water partition coefficient (Wildman–Crippen LogP) is 2.47. The van der Waals surface area contributed by atoms with Crippen molar-refractivity contribution in [1.82, 2.24) is 25.1 Å². The number of piperidine rings is 1. The Labute approximate surface area is 162 Å². The highest BCUT2D eigenvalue weighted by molar-refractivity contribution is 5.79. The van der Waals surface area contributed by atoms with Crippen LogP contribution in [0.2, 0.25) is 0 Å². The summed E-state index contributed by atoms with van der Waals surface area (Å²) < 4.78 is 2.18. The average Bonchev–Trinajstić information content (AvgIpc) is 3.13. The molecule has 2 N–H and O–H groups in total. The summed E-state index contributed by atoms with van der Waals surface area (Å²) >= 11 is 0. The Kier molecular flexibility index (Phi) is 6.87. The maximum atomic E-state index is 4.51. The SMILES string of the molecule is CN=C(NCc1nccn1Cc1ccccc1)NC1CCN(C(C)C)CC1. The molecular weight excluding hydrogens is 336 g/mol. The van der Waals surface area contributed by atoms with E-state index >= 15 is 0 Å². The lowest BCUT2D eigenvalue weighted by Gasteiger charge is -2.35. The minimum absolute atomic E-state index is 0.482. The van der Waals surface area contributed by atoms with Gasteiger partial charge >= 0.3 is 0 Å². The fraction of sp³-hybridized carbons (Fsp3) is 0.524. The Morgan fingerprint density at radius 2 is 1.96 bits per heavy atom. The molecule has 1 saturated heterocycles. The van der Waals surface area contributed by atoms with Gasteiger partial charge in [0, 0.05) is 51.2 Å². The molecule has 2 aromatic rings. The molecule has 0 saturated carbocycles. The lowest BCUT2D eigenvalue weighted by atomic mass is 10.0. The second-order valence-electron chi connectivity index (χ2n) is 7.43. The molecule has 0 bridgehead atoms. The number of rotatable bonds is 6. The van der Waals surface area contributed by atoms with Crippen LogP contribution in [0.1, 0.15) is 38.1 Å². The van der Waals surface area contributed by atoms with Gasteiger partial charge in [0.1, 0.15) is 5.82 Å². The van der Waals surface area contributed by atoms with Gasteiger partial charge in [-0.05, 0) is 32.3 Å². The number of benzene rings is 1. The van der Waals surface area contributed by atoms with E-state index in [4.69, 9.17) is 0 Å². The highest BCUT2D eigenvalue weighted by Gasteiger charge is 2.21. The first kappa shape index (κ1) is 19.4. The summed E-state index contributed by atoms with van der Waals surface area (Å²) in [6.45, 7) is 8.32. The Bertz CT molecular complexity index is 713. The van der Waals surface area contributed by atoms with Crippen molar-refractivity contribution in [3.63, 3.8) is 0 Å². The molecule has 0 aliphatic carbocycles. The van der Waals surface area contributed by atoms with Gasteiger partial charge in [-0.25, -0.2) is 4.98 Å². The van der Waals surface area contributed by atoms with E-state index in [-0.39, 0.29) is 0 Å². The Morgan fingerprint density at radius 1 is 1.22 bits per heavy atom. The first-order valence-corrected chi connectivity index (χ1v) is 9.91. The second kappa shape index (κ2) is 9.55. The van der Waals surface area contributed by atoms with Gasteiger partial charge in [0.05, 0.1) is 6.54 Å². The van der Waals surface area contributed by atoms with Crippen molar-refractivity contribution in [1.29, 1.82) is 0 Å². The van der Waals surface area contributed by atoms with Crippen LogP contribution in [0.25, 0.3) is 0 Å². The number of hydrogen-bond donors (Lipinski definition) is 2. The van der Waals surface area contributed by atoms with E-state index < -0.39 is 0 Å². The number of aliphatic imine (C=N–C) groups is 1. The summed E-state index contributed by atoms with van der Waals surface area (Å²) in [6, 6.07) is 11.6. The predicted molar refractivity (Wildman–Crippen MR) is 111 cm³/mol. The quantitative estimate of drug-likeness (QED) is 0.607. The maximum absolute atomic E-state index is 4.51. The Balaban J connectivity index is 1.50. The van der Waals surface area contributed by atoms with Gasteiger partial charge in [-0.15, -0.1) is 0 Å². The lowest BCUT2D eigenvalue weighted by Crippen LogP contribution is -2.49. The van der Waals surface area contributed by atoms with Crippen molar-refractivity contribution in [3.05, 3.63) is 54.1 Å². The summed E-state index contributed by atoms with van der Waals surface area (Å²) in [5.74, 6) is 1.86. The van der Waals surface area contributed by atoms with Gasteiger partial charge in [0.25, 0.3) is 0 Å². The number of hydrogen-bond acceptors (Lipinski definition) is 3. The van der Waals surface area contributed by atoms with Crippen molar-refractivity contribution >= 4 is 5.96 Å². The third-order valence-electron chi connectivity index (χ3n) is 5.24. The largest absolute Gasteiger partial charge is 0.354 e. The Hall–Kier alpha value is -2.34. The van der Waals surface area contributed by atoms with E-state index in [1.165, 1.54) is 5.56 Å². The van der Waals surface area contributed by atoms with Gasteiger partial charge in [-0.1, -0.05) is 30.3 Å². The van der Waals surface area contributed by atoms with Gasteiger partial charge in [-0.3, -0.25) is 4.99 Å². The molecule has 0 amide bonds. The first-order valence-electron chi connectivity index (χ1n) is 9.91. The molecule has 1 aromatic carbocycles. The zero-order chi connectivity index (χ0) is 19.1. The van der Waals surface area contributed by atoms with Crippen LogP contribution in [0, 0.1) is 0 Å². The summed E-state index contributed by atoms with van der Waals surface area (Å²) in [6.07, 6.45) is 6.20. The molecule has 27 heavy (non-hydrogen) atoms. The van der Waals surface area contributed by atoms with Gasteiger partial charge < -0.3 is 20.1 Å². The zero-order valence-electron chi connectivity index (χ0n) is 16.7. The number of nitrogens with zero attached hydrogens (tertiary/aromatic N) is 4. The van der Waals surface area contributed by atoms with Crippen molar-refractivity contribution in [3.8, 4) is 0 Å².